The Morgan fingerprint density at radius 1 is 1.53 bits per heavy atom. The van der Waals surface area contributed by atoms with Crippen molar-refractivity contribution in [3.63, 3.8) is 0 Å². The number of rotatable bonds is 5. The van der Waals surface area contributed by atoms with Crippen molar-refractivity contribution in [2.45, 2.75) is 25.7 Å². The average molecular weight is 264 g/mol. The standard InChI is InChI=1S/C14H20N2O3/c1-14(2,10-17)12-9-11(3-5-15-12)4-6-16-7-8-19-13(16)18/h3,5,9,17H,4,6-8,10H2,1-2H3. The summed E-state index contributed by atoms with van der Waals surface area (Å²) in [5, 5.41) is 9.37. The molecule has 104 valence electrons. The van der Waals surface area contributed by atoms with E-state index in [2.05, 4.69) is 4.98 Å². The Kier molecular flexibility index (Phi) is 4.04. The zero-order valence-electron chi connectivity index (χ0n) is 11.4. The number of carbonyl (C=O) groups excluding carboxylic acids is 1. The number of aromatic nitrogens is 1. The Balaban J connectivity index is 2.01. The van der Waals surface area contributed by atoms with Gasteiger partial charge in [-0.05, 0) is 24.1 Å². The molecule has 0 unspecified atom stereocenters. The first-order valence-corrected chi connectivity index (χ1v) is 6.51. The molecule has 0 radical (unpaired) electrons. The zero-order valence-corrected chi connectivity index (χ0v) is 11.4. The predicted molar refractivity (Wildman–Crippen MR) is 71.0 cm³/mol. The van der Waals surface area contributed by atoms with Gasteiger partial charge < -0.3 is 14.7 Å². The molecule has 0 spiro atoms. The molecule has 19 heavy (non-hydrogen) atoms. The van der Waals surface area contributed by atoms with Gasteiger partial charge in [0, 0.05) is 23.9 Å². The van der Waals surface area contributed by atoms with Crippen molar-refractivity contribution in [1.82, 2.24) is 9.88 Å². The minimum absolute atomic E-state index is 0.0574. The Bertz CT molecular complexity index is 460. The van der Waals surface area contributed by atoms with E-state index in [9.17, 15) is 9.90 Å². The van der Waals surface area contributed by atoms with Gasteiger partial charge in [0.1, 0.15) is 6.61 Å². The van der Waals surface area contributed by atoms with Crippen LogP contribution >= 0.6 is 0 Å². The van der Waals surface area contributed by atoms with Crippen LogP contribution in [0.3, 0.4) is 0 Å². The SMILES string of the molecule is CC(C)(CO)c1cc(CCN2CCOC2=O)ccn1. The van der Waals surface area contributed by atoms with E-state index in [0.29, 0.717) is 19.7 Å². The highest BCUT2D eigenvalue weighted by atomic mass is 16.6. The minimum Gasteiger partial charge on any atom is -0.448 e. The summed E-state index contributed by atoms with van der Waals surface area (Å²) in [7, 11) is 0. The van der Waals surface area contributed by atoms with Crippen LogP contribution in [-0.4, -0.2) is 47.4 Å². The lowest BCUT2D eigenvalue weighted by molar-refractivity contribution is 0.159. The number of carbonyl (C=O) groups is 1. The first-order chi connectivity index (χ1) is 9.03. The monoisotopic (exact) mass is 264 g/mol. The normalized spacial score (nSPS) is 15.7. The van der Waals surface area contributed by atoms with Crippen LogP contribution in [-0.2, 0) is 16.6 Å². The van der Waals surface area contributed by atoms with Gasteiger partial charge in [-0.15, -0.1) is 0 Å². The van der Waals surface area contributed by atoms with Gasteiger partial charge in [0.15, 0.2) is 0 Å². The lowest BCUT2D eigenvalue weighted by Crippen LogP contribution is -2.27. The van der Waals surface area contributed by atoms with Gasteiger partial charge in [-0.3, -0.25) is 4.98 Å². The molecule has 0 aliphatic carbocycles. The van der Waals surface area contributed by atoms with Gasteiger partial charge in [0.05, 0.1) is 13.2 Å². The molecule has 5 nitrogen and oxygen atoms in total. The second kappa shape index (κ2) is 5.57. The quantitative estimate of drug-likeness (QED) is 0.872. The molecular formula is C14H20N2O3. The number of cyclic esters (lactones) is 1. The summed E-state index contributed by atoms with van der Waals surface area (Å²) in [6, 6.07) is 3.94. The van der Waals surface area contributed by atoms with E-state index in [-0.39, 0.29) is 18.1 Å². The van der Waals surface area contributed by atoms with Crippen molar-refractivity contribution in [2.75, 3.05) is 26.3 Å². The maximum atomic E-state index is 11.3. The number of hydrogen-bond acceptors (Lipinski definition) is 4. The number of ether oxygens (including phenoxy) is 1. The van der Waals surface area contributed by atoms with E-state index in [1.165, 1.54) is 0 Å². The zero-order chi connectivity index (χ0) is 13.9. The highest BCUT2D eigenvalue weighted by molar-refractivity contribution is 5.69. The van der Waals surface area contributed by atoms with Crippen molar-refractivity contribution >= 4 is 6.09 Å². The maximum absolute atomic E-state index is 11.3. The van der Waals surface area contributed by atoms with Gasteiger partial charge in [0.2, 0.25) is 0 Å². The van der Waals surface area contributed by atoms with Crippen LogP contribution < -0.4 is 0 Å². The lowest BCUT2D eigenvalue weighted by Gasteiger charge is -2.21. The second-order valence-corrected chi connectivity index (χ2v) is 5.44. The van der Waals surface area contributed by atoms with E-state index >= 15 is 0 Å². The van der Waals surface area contributed by atoms with Crippen LogP contribution in [0, 0.1) is 0 Å². The Morgan fingerprint density at radius 3 is 2.95 bits per heavy atom. The van der Waals surface area contributed by atoms with Crippen molar-refractivity contribution in [1.29, 1.82) is 0 Å². The largest absolute Gasteiger partial charge is 0.448 e. The highest BCUT2D eigenvalue weighted by Gasteiger charge is 2.23. The molecular weight excluding hydrogens is 244 g/mol. The van der Waals surface area contributed by atoms with Crippen molar-refractivity contribution < 1.29 is 14.6 Å². The second-order valence-electron chi connectivity index (χ2n) is 5.44. The third-order valence-electron chi connectivity index (χ3n) is 3.43. The molecule has 1 amide bonds. The molecule has 2 heterocycles. The summed E-state index contributed by atoms with van der Waals surface area (Å²) in [4.78, 5) is 17.3. The fourth-order valence-electron chi connectivity index (χ4n) is 1.97. The number of nitrogens with zero attached hydrogens (tertiary/aromatic N) is 2. The van der Waals surface area contributed by atoms with E-state index in [4.69, 9.17) is 4.74 Å². The molecule has 1 saturated heterocycles. The summed E-state index contributed by atoms with van der Waals surface area (Å²) < 4.78 is 4.89. The Hall–Kier alpha value is -1.62. The van der Waals surface area contributed by atoms with Crippen LogP contribution in [0.15, 0.2) is 18.3 Å². The van der Waals surface area contributed by atoms with Crippen molar-refractivity contribution in [3.8, 4) is 0 Å². The summed E-state index contributed by atoms with van der Waals surface area (Å²) in [6.45, 7) is 5.77. The number of aliphatic hydroxyl groups is 1. The summed E-state index contributed by atoms with van der Waals surface area (Å²) >= 11 is 0. The van der Waals surface area contributed by atoms with Crippen LogP contribution in [0.1, 0.15) is 25.1 Å². The van der Waals surface area contributed by atoms with Gasteiger partial charge in [-0.1, -0.05) is 13.8 Å². The third kappa shape index (κ3) is 3.23. The molecule has 0 atom stereocenters. The number of hydrogen-bond donors (Lipinski definition) is 1. The van der Waals surface area contributed by atoms with Gasteiger partial charge in [-0.2, -0.15) is 0 Å². The Labute approximate surface area is 113 Å². The molecule has 0 bridgehead atoms. The van der Waals surface area contributed by atoms with Gasteiger partial charge in [0.25, 0.3) is 0 Å². The molecule has 1 aromatic rings. The van der Waals surface area contributed by atoms with Gasteiger partial charge >= 0.3 is 6.09 Å². The maximum Gasteiger partial charge on any atom is 0.409 e. The predicted octanol–water partition coefficient (Wildman–Crippen LogP) is 1.35. The van der Waals surface area contributed by atoms with Crippen molar-refractivity contribution in [2.24, 2.45) is 0 Å². The average Bonchev–Trinajstić information content (AvgIpc) is 2.82. The van der Waals surface area contributed by atoms with E-state index < -0.39 is 0 Å². The van der Waals surface area contributed by atoms with Crippen LogP contribution in [0.25, 0.3) is 0 Å². The van der Waals surface area contributed by atoms with Gasteiger partial charge in [-0.25, -0.2) is 4.79 Å². The molecule has 5 heteroatoms. The first kappa shape index (κ1) is 13.8. The first-order valence-electron chi connectivity index (χ1n) is 6.51. The highest BCUT2D eigenvalue weighted by Crippen LogP contribution is 2.21. The summed E-state index contributed by atoms with van der Waals surface area (Å²) in [6.07, 6.45) is 2.29. The molecule has 1 aliphatic rings. The van der Waals surface area contributed by atoms with Crippen molar-refractivity contribution in [3.05, 3.63) is 29.6 Å². The minimum atomic E-state index is -0.345. The lowest BCUT2D eigenvalue weighted by atomic mass is 9.89. The molecule has 0 saturated carbocycles. The fourth-order valence-corrected chi connectivity index (χ4v) is 1.97. The number of pyridine rings is 1. The summed E-state index contributed by atoms with van der Waals surface area (Å²) in [5.74, 6) is 0. The molecule has 2 rings (SSSR count). The fraction of sp³-hybridized carbons (Fsp3) is 0.571. The molecule has 1 fully saturated rings. The molecule has 0 aromatic carbocycles. The molecule has 1 aliphatic heterocycles. The third-order valence-corrected chi connectivity index (χ3v) is 3.43. The van der Waals surface area contributed by atoms with Crippen LogP contribution in [0.5, 0.6) is 0 Å². The van der Waals surface area contributed by atoms with Crippen LogP contribution in [0.4, 0.5) is 4.79 Å². The smallest absolute Gasteiger partial charge is 0.409 e. The van der Waals surface area contributed by atoms with Crippen LogP contribution in [0.2, 0.25) is 0 Å². The van der Waals surface area contributed by atoms with E-state index in [1.54, 1.807) is 11.1 Å². The summed E-state index contributed by atoms with van der Waals surface area (Å²) in [5.41, 5.74) is 1.64. The molecule has 1 aromatic heterocycles. The van der Waals surface area contributed by atoms with E-state index in [0.717, 1.165) is 17.7 Å². The number of aliphatic hydroxyl groups excluding tert-OH is 1. The number of amides is 1. The van der Waals surface area contributed by atoms with E-state index in [1.807, 2.05) is 26.0 Å². The molecule has 1 N–H and O–H groups in total. The topological polar surface area (TPSA) is 62.7 Å². The Morgan fingerprint density at radius 2 is 2.32 bits per heavy atom.